The lowest BCUT2D eigenvalue weighted by molar-refractivity contribution is -0.0334. The molecule has 3 aliphatic rings. The van der Waals surface area contributed by atoms with Gasteiger partial charge < -0.3 is 19.9 Å². The lowest BCUT2D eigenvalue weighted by Crippen LogP contribution is -2.57. The number of nitrogens with zero attached hydrogens (tertiary/aromatic N) is 6. The first-order chi connectivity index (χ1) is 14.8. The fraction of sp³-hybridized carbons (Fsp3) is 0.773. The predicted octanol–water partition coefficient (Wildman–Crippen LogP) is 2.22. The van der Waals surface area contributed by atoms with Gasteiger partial charge in [0.1, 0.15) is 0 Å². The third-order valence-electron chi connectivity index (χ3n) is 6.74. The third kappa shape index (κ3) is 6.19. The van der Waals surface area contributed by atoms with Gasteiger partial charge in [-0.1, -0.05) is 19.3 Å². The van der Waals surface area contributed by atoms with Crippen molar-refractivity contribution in [1.29, 1.82) is 0 Å². The molecule has 9 heteroatoms. The third-order valence-corrected chi connectivity index (χ3v) is 6.74. The number of hydrogen-bond acceptors (Lipinski definition) is 6. The van der Waals surface area contributed by atoms with Crippen molar-refractivity contribution in [2.24, 2.45) is 4.99 Å². The molecule has 3 fully saturated rings. The zero-order chi connectivity index (χ0) is 20.7. The summed E-state index contributed by atoms with van der Waals surface area (Å²) in [5, 5.41) is 3.55. The summed E-state index contributed by atoms with van der Waals surface area (Å²) in [7, 11) is 0. The maximum Gasteiger partial charge on any atom is 0.225 e. The molecule has 1 aromatic rings. The van der Waals surface area contributed by atoms with E-state index < -0.39 is 0 Å². The van der Waals surface area contributed by atoms with Crippen LogP contribution in [0.2, 0.25) is 0 Å². The number of hydrogen-bond donors (Lipinski definition) is 1. The average Bonchev–Trinajstić information content (AvgIpc) is 2.84. The second kappa shape index (κ2) is 12.2. The van der Waals surface area contributed by atoms with Gasteiger partial charge in [0, 0.05) is 63.7 Å². The van der Waals surface area contributed by atoms with Crippen LogP contribution in [0.25, 0.3) is 0 Å². The van der Waals surface area contributed by atoms with Gasteiger partial charge in [-0.2, -0.15) is 0 Å². The van der Waals surface area contributed by atoms with Crippen LogP contribution in [-0.2, 0) is 4.74 Å². The highest BCUT2D eigenvalue weighted by molar-refractivity contribution is 14.0. The molecular formula is C22H38IN7O. The number of rotatable bonds is 5. The Labute approximate surface area is 203 Å². The van der Waals surface area contributed by atoms with Crippen molar-refractivity contribution in [3.63, 3.8) is 0 Å². The van der Waals surface area contributed by atoms with Gasteiger partial charge >= 0.3 is 0 Å². The van der Waals surface area contributed by atoms with E-state index in [1.54, 1.807) is 0 Å². The molecule has 1 N–H and O–H groups in total. The minimum absolute atomic E-state index is 0. The molecule has 2 aliphatic heterocycles. The van der Waals surface area contributed by atoms with E-state index in [1.165, 1.54) is 32.1 Å². The van der Waals surface area contributed by atoms with Crippen molar-refractivity contribution in [3.05, 3.63) is 18.5 Å². The van der Waals surface area contributed by atoms with Gasteiger partial charge in [0.25, 0.3) is 0 Å². The van der Waals surface area contributed by atoms with Crippen molar-refractivity contribution in [1.82, 2.24) is 25.1 Å². The van der Waals surface area contributed by atoms with Crippen LogP contribution in [0.5, 0.6) is 0 Å². The molecule has 0 unspecified atom stereocenters. The topological polar surface area (TPSA) is 69.1 Å². The normalized spacial score (nSPS) is 22.7. The van der Waals surface area contributed by atoms with Crippen molar-refractivity contribution < 1.29 is 4.74 Å². The largest absolute Gasteiger partial charge is 0.379 e. The maximum atomic E-state index is 5.63. The standard InChI is InChI=1S/C22H37N7O.HI/c1-2-23-20(27-11-13-28(14-12-27)21-24-9-6-10-25-21)26-19-22(7-4-3-5-8-22)29-15-17-30-18-16-29;/h6,9-10H,2-5,7-8,11-19H2,1H3,(H,23,26);1H. The van der Waals surface area contributed by atoms with Crippen molar-refractivity contribution >= 4 is 35.9 Å². The molecule has 1 aromatic heterocycles. The number of nitrogens with one attached hydrogen (secondary N) is 1. The minimum Gasteiger partial charge on any atom is -0.379 e. The molecule has 0 spiro atoms. The number of aliphatic imine (C=N–C) groups is 1. The number of halogens is 1. The summed E-state index contributed by atoms with van der Waals surface area (Å²) in [5.74, 6) is 1.89. The Morgan fingerprint density at radius 1 is 1.03 bits per heavy atom. The Morgan fingerprint density at radius 3 is 2.35 bits per heavy atom. The number of piperazine rings is 1. The SMILES string of the molecule is CCNC(=NCC1(N2CCOCC2)CCCCC1)N1CCN(c2ncccn2)CC1.I. The molecule has 3 heterocycles. The summed E-state index contributed by atoms with van der Waals surface area (Å²) < 4.78 is 5.63. The van der Waals surface area contributed by atoms with E-state index in [1.807, 2.05) is 18.5 Å². The summed E-state index contributed by atoms with van der Waals surface area (Å²) in [6.07, 6.45) is 10.1. The van der Waals surface area contributed by atoms with E-state index in [0.29, 0.717) is 0 Å². The molecule has 1 saturated carbocycles. The van der Waals surface area contributed by atoms with Crippen LogP contribution in [0.15, 0.2) is 23.5 Å². The van der Waals surface area contributed by atoms with Gasteiger partial charge in [-0.05, 0) is 25.8 Å². The smallest absolute Gasteiger partial charge is 0.225 e. The number of aromatic nitrogens is 2. The van der Waals surface area contributed by atoms with E-state index in [0.717, 1.165) is 77.5 Å². The monoisotopic (exact) mass is 543 g/mol. The molecule has 174 valence electrons. The molecule has 2 saturated heterocycles. The summed E-state index contributed by atoms with van der Waals surface area (Å²) in [5.41, 5.74) is 0.211. The van der Waals surface area contributed by atoms with Gasteiger partial charge in [-0.3, -0.25) is 9.89 Å². The molecule has 8 nitrogen and oxygen atoms in total. The van der Waals surface area contributed by atoms with Crippen LogP contribution in [0, 0.1) is 0 Å². The van der Waals surface area contributed by atoms with Crippen LogP contribution in [0.4, 0.5) is 5.95 Å². The Morgan fingerprint density at radius 2 is 1.71 bits per heavy atom. The van der Waals surface area contributed by atoms with Crippen molar-refractivity contribution in [2.75, 3.05) is 70.5 Å². The van der Waals surface area contributed by atoms with Crippen LogP contribution in [-0.4, -0.2) is 96.8 Å². The first-order valence-electron chi connectivity index (χ1n) is 11.7. The molecule has 4 rings (SSSR count). The van der Waals surface area contributed by atoms with Crippen LogP contribution in [0.3, 0.4) is 0 Å². The molecule has 0 aromatic carbocycles. The van der Waals surface area contributed by atoms with Gasteiger partial charge in [0.05, 0.1) is 19.8 Å². The Bertz CT molecular complexity index is 670. The van der Waals surface area contributed by atoms with Crippen molar-refractivity contribution in [3.8, 4) is 0 Å². The number of anilines is 1. The molecule has 0 amide bonds. The van der Waals surface area contributed by atoms with E-state index in [2.05, 4.69) is 36.9 Å². The summed E-state index contributed by atoms with van der Waals surface area (Å²) in [4.78, 5) is 21.3. The zero-order valence-electron chi connectivity index (χ0n) is 18.8. The summed E-state index contributed by atoms with van der Waals surface area (Å²) in [6, 6.07) is 1.87. The summed E-state index contributed by atoms with van der Waals surface area (Å²) >= 11 is 0. The van der Waals surface area contributed by atoms with E-state index in [9.17, 15) is 0 Å². The van der Waals surface area contributed by atoms with Crippen molar-refractivity contribution in [2.45, 2.75) is 44.6 Å². The summed E-state index contributed by atoms with van der Waals surface area (Å²) in [6.45, 7) is 11.5. The number of guanidine groups is 1. The van der Waals surface area contributed by atoms with Crippen LogP contribution < -0.4 is 10.2 Å². The molecule has 31 heavy (non-hydrogen) atoms. The lowest BCUT2D eigenvalue weighted by atomic mass is 9.80. The molecular weight excluding hydrogens is 505 g/mol. The quantitative estimate of drug-likeness (QED) is 0.347. The van der Waals surface area contributed by atoms with Crippen LogP contribution >= 0.6 is 24.0 Å². The predicted molar refractivity (Wildman–Crippen MR) is 135 cm³/mol. The second-order valence-electron chi connectivity index (χ2n) is 8.58. The highest BCUT2D eigenvalue weighted by Gasteiger charge is 2.38. The van der Waals surface area contributed by atoms with Gasteiger partial charge in [0.15, 0.2) is 5.96 Å². The van der Waals surface area contributed by atoms with E-state index in [-0.39, 0.29) is 29.5 Å². The van der Waals surface area contributed by atoms with Crippen LogP contribution in [0.1, 0.15) is 39.0 Å². The first kappa shape index (κ1) is 24.4. The Balaban J connectivity index is 0.00000272. The Kier molecular flexibility index (Phi) is 9.58. The van der Waals surface area contributed by atoms with E-state index in [4.69, 9.17) is 9.73 Å². The van der Waals surface area contributed by atoms with E-state index >= 15 is 0 Å². The fourth-order valence-electron chi connectivity index (χ4n) is 5.04. The fourth-order valence-corrected chi connectivity index (χ4v) is 5.04. The average molecular weight is 543 g/mol. The molecule has 0 radical (unpaired) electrons. The lowest BCUT2D eigenvalue weighted by Gasteiger charge is -2.47. The highest BCUT2D eigenvalue weighted by atomic mass is 127. The molecule has 0 bridgehead atoms. The number of ether oxygens (including phenoxy) is 1. The van der Waals surface area contributed by atoms with Gasteiger partial charge in [0.2, 0.25) is 5.95 Å². The first-order valence-corrected chi connectivity index (χ1v) is 11.7. The molecule has 1 aliphatic carbocycles. The Hall–Kier alpha value is -1.20. The number of morpholine rings is 1. The minimum atomic E-state index is 0. The zero-order valence-corrected chi connectivity index (χ0v) is 21.2. The van der Waals surface area contributed by atoms with Gasteiger partial charge in [-0.15, -0.1) is 24.0 Å². The second-order valence-corrected chi connectivity index (χ2v) is 8.58. The highest BCUT2D eigenvalue weighted by Crippen LogP contribution is 2.34. The molecule has 0 atom stereocenters. The van der Waals surface area contributed by atoms with Gasteiger partial charge in [-0.25, -0.2) is 9.97 Å². The maximum absolute atomic E-state index is 5.63.